The van der Waals surface area contributed by atoms with E-state index in [1.165, 1.54) is 12.1 Å². The Hall–Kier alpha value is -2.60. The number of rotatable bonds is 5. The minimum atomic E-state index is -3.68. The average Bonchev–Trinajstić information content (AvgIpc) is 2.55. The Morgan fingerprint density at radius 3 is 2.50 bits per heavy atom. The van der Waals surface area contributed by atoms with Crippen LogP contribution in [0.15, 0.2) is 65.8 Å². The standard InChI is InChI=1S/C18H18N2O3S/c1-13(2)23-15-6-8-16(9-7-15)24(21,22)20-18-5-3-4-14-10-11-19-12-17(14)18/h3-13,20H,1-2H3. The number of hydrogen-bond acceptors (Lipinski definition) is 4. The summed E-state index contributed by atoms with van der Waals surface area (Å²) < 4.78 is 33.4. The van der Waals surface area contributed by atoms with Gasteiger partial charge in [-0.3, -0.25) is 9.71 Å². The summed E-state index contributed by atoms with van der Waals surface area (Å²) in [7, 11) is -3.68. The fraction of sp³-hybridized carbons (Fsp3) is 0.167. The molecule has 124 valence electrons. The second-order valence-electron chi connectivity index (χ2n) is 5.65. The van der Waals surface area contributed by atoms with Crippen molar-refractivity contribution >= 4 is 26.5 Å². The van der Waals surface area contributed by atoms with E-state index < -0.39 is 10.0 Å². The van der Waals surface area contributed by atoms with Gasteiger partial charge in [0.2, 0.25) is 0 Å². The molecule has 1 N–H and O–H groups in total. The van der Waals surface area contributed by atoms with Gasteiger partial charge in [0.15, 0.2) is 0 Å². The van der Waals surface area contributed by atoms with Gasteiger partial charge in [0.05, 0.1) is 16.7 Å². The van der Waals surface area contributed by atoms with E-state index in [1.807, 2.05) is 26.0 Å². The molecule has 2 aromatic carbocycles. The Kier molecular flexibility index (Phi) is 4.40. The Morgan fingerprint density at radius 2 is 1.79 bits per heavy atom. The normalized spacial score (nSPS) is 11.6. The maximum atomic E-state index is 12.6. The largest absolute Gasteiger partial charge is 0.491 e. The fourth-order valence-electron chi connectivity index (χ4n) is 2.38. The third-order valence-electron chi connectivity index (χ3n) is 3.43. The highest BCUT2D eigenvalue weighted by molar-refractivity contribution is 7.92. The van der Waals surface area contributed by atoms with Crippen molar-refractivity contribution in [2.75, 3.05) is 4.72 Å². The van der Waals surface area contributed by atoms with Gasteiger partial charge in [0.25, 0.3) is 10.0 Å². The third kappa shape index (κ3) is 3.49. The van der Waals surface area contributed by atoms with Crippen molar-refractivity contribution in [1.82, 2.24) is 4.98 Å². The molecule has 0 radical (unpaired) electrons. The SMILES string of the molecule is CC(C)Oc1ccc(S(=O)(=O)Nc2cccc3ccncc23)cc1. The van der Waals surface area contributed by atoms with Crippen molar-refractivity contribution in [3.05, 3.63) is 60.9 Å². The Bertz CT molecular complexity index is 946. The van der Waals surface area contributed by atoms with Gasteiger partial charge in [0, 0.05) is 17.8 Å². The summed E-state index contributed by atoms with van der Waals surface area (Å²) in [5, 5.41) is 1.68. The molecule has 0 aliphatic rings. The molecule has 0 saturated heterocycles. The number of anilines is 1. The average molecular weight is 342 g/mol. The number of nitrogens with zero attached hydrogens (tertiary/aromatic N) is 1. The number of sulfonamides is 1. The van der Waals surface area contributed by atoms with E-state index in [4.69, 9.17) is 4.74 Å². The molecule has 3 rings (SSSR count). The van der Waals surface area contributed by atoms with Crippen LogP contribution in [0.3, 0.4) is 0 Å². The molecule has 0 amide bonds. The highest BCUT2D eigenvalue weighted by atomic mass is 32.2. The minimum Gasteiger partial charge on any atom is -0.491 e. The zero-order valence-corrected chi connectivity index (χ0v) is 14.2. The lowest BCUT2D eigenvalue weighted by molar-refractivity contribution is 0.242. The van der Waals surface area contributed by atoms with Crippen LogP contribution < -0.4 is 9.46 Å². The first kappa shape index (κ1) is 16.3. The molecule has 0 atom stereocenters. The van der Waals surface area contributed by atoms with E-state index in [0.29, 0.717) is 11.4 Å². The molecule has 0 unspecified atom stereocenters. The van der Waals surface area contributed by atoms with Crippen molar-refractivity contribution in [3.63, 3.8) is 0 Å². The van der Waals surface area contributed by atoms with Gasteiger partial charge in [-0.15, -0.1) is 0 Å². The van der Waals surface area contributed by atoms with Gasteiger partial charge in [-0.1, -0.05) is 12.1 Å². The molecule has 0 bridgehead atoms. The van der Waals surface area contributed by atoms with E-state index in [9.17, 15) is 8.42 Å². The predicted molar refractivity (Wildman–Crippen MR) is 94.8 cm³/mol. The number of pyridine rings is 1. The van der Waals surface area contributed by atoms with Crippen LogP contribution in [0.4, 0.5) is 5.69 Å². The molecule has 24 heavy (non-hydrogen) atoms. The first-order valence-electron chi connectivity index (χ1n) is 7.58. The quantitative estimate of drug-likeness (QED) is 0.765. The summed E-state index contributed by atoms with van der Waals surface area (Å²) in [5.41, 5.74) is 0.503. The molecular weight excluding hydrogens is 324 g/mol. The summed E-state index contributed by atoms with van der Waals surface area (Å²) in [6.07, 6.45) is 3.36. The zero-order valence-electron chi connectivity index (χ0n) is 13.4. The smallest absolute Gasteiger partial charge is 0.261 e. The maximum Gasteiger partial charge on any atom is 0.261 e. The number of fused-ring (bicyclic) bond motifs is 1. The first-order chi connectivity index (χ1) is 11.5. The molecule has 0 saturated carbocycles. The number of nitrogens with one attached hydrogen (secondary N) is 1. The summed E-state index contributed by atoms with van der Waals surface area (Å²) in [6, 6.07) is 13.6. The van der Waals surface area contributed by atoms with Crippen molar-refractivity contribution in [3.8, 4) is 5.75 Å². The summed E-state index contributed by atoms with van der Waals surface area (Å²) in [5.74, 6) is 0.637. The Labute approximate surface area is 141 Å². The van der Waals surface area contributed by atoms with Gasteiger partial charge in [-0.25, -0.2) is 8.42 Å². The number of benzene rings is 2. The molecule has 0 fully saturated rings. The second-order valence-corrected chi connectivity index (χ2v) is 7.33. The van der Waals surface area contributed by atoms with Crippen LogP contribution in [-0.4, -0.2) is 19.5 Å². The predicted octanol–water partition coefficient (Wildman–Crippen LogP) is 3.82. The number of aromatic nitrogens is 1. The first-order valence-corrected chi connectivity index (χ1v) is 9.06. The van der Waals surface area contributed by atoms with Crippen molar-refractivity contribution in [1.29, 1.82) is 0 Å². The lowest BCUT2D eigenvalue weighted by Crippen LogP contribution is -2.13. The fourth-order valence-corrected chi connectivity index (χ4v) is 3.46. The van der Waals surface area contributed by atoms with Gasteiger partial charge in [-0.05, 0) is 55.6 Å². The summed E-state index contributed by atoms with van der Waals surface area (Å²) >= 11 is 0. The van der Waals surface area contributed by atoms with Crippen molar-refractivity contribution in [2.24, 2.45) is 0 Å². The summed E-state index contributed by atoms with van der Waals surface area (Å²) in [6.45, 7) is 3.83. The minimum absolute atomic E-state index is 0.0359. The third-order valence-corrected chi connectivity index (χ3v) is 4.82. The van der Waals surface area contributed by atoms with Crippen LogP contribution >= 0.6 is 0 Å². The molecule has 3 aromatic rings. The topological polar surface area (TPSA) is 68.3 Å². The molecule has 0 spiro atoms. The molecule has 0 aliphatic heterocycles. The number of ether oxygens (including phenoxy) is 1. The van der Waals surface area contributed by atoms with Gasteiger partial charge in [0.1, 0.15) is 5.75 Å². The highest BCUT2D eigenvalue weighted by Crippen LogP contribution is 2.25. The van der Waals surface area contributed by atoms with Crippen LogP contribution in [0, 0.1) is 0 Å². The zero-order chi connectivity index (χ0) is 17.2. The molecule has 0 aliphatic carbocycles. The van der Waals surface area contributed by atoms with E-state index in [2.05, 4.69) is 9.71 Å². The number of hydrogen-bond donors (Lipinski definition) is 1. The highest BCUT2D eigenvalue weighted by Gasteiger charge is 2.15. The monoisotopic (exact) mass is 342 g/mol. The van der Waals surface area contributed by atoms with Crippen molar-refractivity contribution < 1.29 is 13.2 Å². The van der Waals surface area contributed by atoms with E-state index in [-0.39, 0.29) is 11.0 Å². The van der Waals surface area contributed by atoms with E-state index in [1.54, 1.807) is 36.7 Å². The van der Waals surface area contributed by atoms with Crippen LogP contribution in [0.25, 0.3) is 10.8 Å². The van der Waals surface area contributed by atoms with Crippen molar-refractivity contribution in [2.45, 2.75) is 24.8 Å². The molecule has 1 heterocycles. The lowest BCUT2D eigenvalue weighted by Gasteiger charge is -2.12. The molecule has 6 heteroatoms. The summed E-state index contributed by atoms with van der Waals surface area (Å²) in [4.78, 5) is 4.24. The Morgan fingerprint density at radius 1 is 1.04 bits per heavy atom. The van der Waals surface area contributed by atoms with Crippen LogP contribution in [-0.2, 0) is 10.0 Å². The van der Waals surface area contributed by atoms with Gasteiger partial charge < -0.3 is 4.74 Å². The van der Waals surface area contributed by atoms with Gasteiger partial charge in [-0.2, -0.15) is 0 Å². The maximum absolute atomic E-state index is 12.6. The van der Waals surface area contributed by atoms with Crippen LogP contribution in [0.1, 0.15) is 13.8 Å². The van der Waals surface area contributed by atoms with Gasteiger partial charge >= 0.3 is 0 Å². The Balaban J connectivity index is 1.90. The van der Waals surface area contributed by atoms with E-state index >= 15 is 0 Å². The van der Waals surface area contributed by atoms with Crippen LogP contribution in [0.5, 0.6) is 5.75 Å². The molecule has 5 nitrogen and oxygen atoms in total. The molecule has 1 aromatic heterocycles. The van der Waals surface area contributed by atoms with Crippen LogP contribution in [0.2, 0.25) is 0 Å². The lowest BCUT2D eigenvalue weighted by atomic mass is 10.1. The van der Waals surface area contributed by atoms with E-state index in [0.717, 1.165) is 10.8 Å². The molecular formula is C18H18N2O3S. The second kappa shape index (κ2) is 6.49.